The second kappa shape index (κ2) is 3.29. The highest BCUT2D eigenvalue weighted by Crippen LogP contribution is 2.50. The molecule has 1 fully saturated rings. The molecule has 13 heavy (non-hydrogen) atoms. The first-order valence-corrected chi connectivity index (χ1v) is 4.86. The highest BCUT2D eigenvalue weighted by Gasteiger charge is 2.45. The minimum atomic E-state index is -0.804. The Morgan fingerprint density at radius 3 is 2.54 bits per heavy atom. The van der Waals surface area contributed by atoms with Crippen LogP contribution in [-0.4, -0.2) is 18.1 Å². The van der Waals surface area contributed by atoms with E-state index in [0.717, 1.165) is 6.42 Å². The van der Waals surface area contributed by atoms with Crippen LogP contribution >= 0.6 is 0 Å². The first-order valence-electron chi connectivity index (χ1n) is 4.86. The van der Waals surface area contributed by atoms with E-state index < -0.39 is 5.54 Å². The lowest BCUT2D eigenvalue weighted by Gasteiger charge is -2.25. The summed E-state index contributed by atoms with van der Waals surface area (Å²) >= 11 is 0. The lowest BCUT2D eigenvalue weighted by atomic mass is 9.89. The van der Waals surface area contributed by atoms with Crippen LogP contribution < -0.4 is 5.73 Å². The van der Waals surface area contributed by atoms with Gasteiger partial charge in [-0.2, -0.15) is 0 Å². The molecule has 1 unspecified atom stereocenters. The molecule has 0 aromatic carbocycles. The average Bonchev–Trinajstić information content (AvgIpc) is 2.67. The van der Waals surface area contributed by atoms with E-state index in [1.807, 2.05) is 0 Å². The predicted octanol–water partition coefficient (Wildman–Crippen LogP) is 1.46. The summed E-state index contributed by atoms with van der Waals surface area (Å²) in [6.07, 6.45) is 3.09. The molecule has 3 nitrogen and oxygen atoms in total. The Balaban J connectivity index is 2.48. The van der Waals surface area contributed by atoms with E-state index in [9.17, 15) is 4.79 Å². The summed E-state index contributed by atoms with van der Waals surface area (Å²) in [4.78, 5) is 11.4. The van der Waals surface area contributed by atoms with E-state index in [1.54, 1.807) is 13.8 Å². The summed E-state index contributed by atoms with van der Waals surface area (Å²) in [5.74, 6) is -0.275. The number of carbonyl (C=O) groups is 1. The second-order valence-electron chi connectivity index (χ2n) is 4.63. The van der Waals surface area contributed by atoms with Gasteiger partial charge in [0.05, 0.1) is 6.61 Å². The lowest BCUT2D eigenvalue weighted by Crippen LogP contribution is -2.47. The van der Waals surface area contributed by atoms with Gasteiger partial charge >= 0.3 is 5.97 Å². The van der Waals surface area contributed by atoms with Gasteiger partial charge in [-0.1, -0.05) is 6.92 Å². The molecule has 2 N–H and O–H groups in total. The molecule has 1 aliphatic carbocycles. The number of hydrogen-bond acceptors (Lipinski definition) is 3. The molecular weight excluding hydrogens is 166 g/mol. The van der Waals surface area contributed by atoms with E-state index in [0.29, 0.717) is 6.61 Å². The smallest absolute Gasteiger partial charge is 0.325 e. The summed E-state index contributed by atoms with van der Waals surface area (Å²) in [6.45, 7) is 6.13. The number of rotatable bonds is 4. The standard InChI is InChI=1S/C10H19NO2/c1-4-13-8(12)10(3,11)7-9(2)5-6-9/h4-7,11H2,1-3H3. The first kappa shape index (κ1) is 10.5. The molecule has 0 radical (unpaired) electrons. The Morgan fingerprint density at radius 2 is 2.15 bits per heavy atom. The van der Waals surface area contributed by atoms with Gasteiger partial charge in [-0.25, -0.2) is 0 Å². The maximum Gasteiger partial charge on any atom is 0.325 e. The second-order valence-corrected chi connectivity index (χ2v) is 4.63. The predicted molar refractivity (Wildman–Crippen MR) is 51.2 cm³/mol. The minimum Gasteiger partial charge on any atom is -0.465 e. The SMILES string of the molecule is CCOC(=O)C(C)(N)CC1(C)CC1. The summed E-state index contributed by atoms with van der Waals surface area (Å²) in [6, 6.07) is 0. The van der Waals surface area contributed by atoms with Crippen LogP contribution in [0.3, 0.4) is 0 Å². The molecule has 0 aliphatic heterocycles. The summed E-state index contributed by atoms with van der Waals surface area (Å²) in [7, 11) is 0. The van der Waals surface area contributed by atoms with Crippen molar-refractivity contribution in [2.45, 2.75) is 45.6 Å². The Bertz CT molecular complexity index is 207. The highest BCUT2D eigenvalue weighted by atomic mass is 16.5. The summed E-state index contributed by atoms with van der Waals surface area (Å²) in [5, 5.41) is 0. The molecule has 0 saturated heterocycles. The van der Waals surface area contributed by atoms with E-state index in [-0.39, 0.29) is 11.4 Å². The van der Waals surface area contributed by atoms with Gasteiger partial charge in [0.15, 0.2) is 0 Å². The van der Waals surface area contributed by atoms with Crippen molar-refractivity contribution in [2.24, 2.45) is 11.1 Å². The third kappa shape index (κ3) is 2.69. The van der Waals surface area contributed by atoms with Gasteiger partial charge in [0.1, 0.15) is 5.54 Å². The normalized spacial score (nSPS) is 23.4. The number of esters is 1. The van der Waals surface area contributed by atoms with Gasteiger partial charge in [0, 0.05) is 0 Å². The van der Waals surface area contributed by atoms with Gasteiger partial charge in [-0.15, -0.1) is 0 Å². The largest absolute Gasteiger partial charge is 0.465 e. The van der Waals surface area contributed by atoms with Crippen LogP contribution in [0.5, 0.6) is 0 Å². The molecule has 0 bridgehead atoms. The summed E-state index contributed by atoms with van der Waals surface area (Å²) in [5.41, 5.74) is 5.38. The third-order valence-corrected chi connectivity index (χ3v) is 2.64. The molecule has 76 valence electrons. The van der Waals surface area contributed by atoms with Crippen molar-refractivity contribution in [1.82, 2.24) is 0 Å². The summed E-state index contributed by atoms with van der Waals surface area (Å²) < 4.78 is 4.92. The van der Waals surface area contributed by atoms with Crippen LogP contribution in [-0.2, 0) is 9.53 Å². The zero-order valence-corrected chi connectivity index (χ0v) is 8.72. The van der Waals surface area contributed by atoms with Crippen LogP contribution in [0, 0.1) is 5.41 Å². The number of hydrogen-bond donors (Lipinski definition) is 1. The van der Waals surface area contributed by atoms with E-state index >= 15 is 0 Å². The van der Waals surface area contributed by atoms with Crippen LogP contribution in [0.1, 0.15) is 40.0 Å². The zero-order valence-electron chi connectivity index (χ0n) is 8.72. The van der Waals surface area contributed by atoms with Crippen molar-refractivity contribution >= 4 is 5.97 Å². The Hall–Kier alpha value is -0.570. The van der Waals surface area contributed by atoms with Crippen LogP contribution in [0.25, 0.3) is 0 Å². The fourth-order valence-electron chi connectivity index (χ4n) is 1.64. The number of ether oxygens (including phenoxy) is 1. The van der Waals surface area contributed by atoms with Crippen LogP contribution in [0.4, 0.5) is 0 Å². The van der Waals surface area contributed by atoms with Gasteiger partial charge in [-0.05, 0) is 38.5 Å². The van der Waals surface area contributed by atoms with Crippen molar-refractivity contribution in [2.75, 3.05) is 6.61 Å². The fraction of sp³-hybridized carbons (Fsp3) is 0.900. The molecule has 0 aromatic rings. The van der Waals surface area contributed by atoms with Crippen LogP contribution in [0.15, 0.2) is 0 Å². The van der Waals surface area contributed by atoms with Crippen molar-refractivity contribution in [1.29, 1.82) is 0 Å². The number of nitrogens with two attached hydrogens (primary N) is 1. The lowest BCUT2D eigenvalue weighted by molar-refractivity contribution is -0.149. The van der Waals surface area contributed by atoms with E-state index in [2.05, 4.69) is 6.92 Å². The van der Waals surface area contributed by atoms with E-state index in [1.165, 1.54) is 12.8 Å². The van der Waals surface area contributed by atoms with Crippen molar-refractivity contribution in [3.05, 3.63) is 0 Å². The molecule has 0 heterocycles. The molecule has 3 heteroatoms. The number of carbonyl (C=O) groups excluding carboxylic acids is 1. The minimum absolute atomic E-state index is 0.275. The molecule has 1 atom stereocenters. The monoisotopic (exact) mass is 185 g/mol. The quantitative estimate of drug-likeness (QED) is 0.674. The molecule has 1 saturated carbocycles. The van der Waals surface area contributed by atoms with E-state index in [4.69, 9.17) is 10.5 Å². The Morgan fingerprint density at radius 1 is 1.62 bits per heavy atom. The van der Waals surface area contributed by atoms with Gasteiger partial charge < -0.3 is 10.5 Å². The van der Waals surface area contributed by atoms with Gasteiger partial charge in [-0.3, -0.25) is 4.79 Å². The average molecular weight is 185 g/mol. The molecule has 0 amide bonds. The fourth-order valence-corrected chi connectivity index (χ4v) is 1.64. The molecule has 0 aromatic heterocycles. The first-order chi connectivity index (χ1) is 5.90. The molecule has 1 rings (SSSR count). The molecule has 1 aliphatic rings. The molecule has 0 spiro atoms. The topological polar surface area (TPSA) is 52.3 Å². The van der Waals surface area contributed by atoms with Crippen LogP contribution in [0.2, 0.25) is 0 Å². The molecular formula is C10H19NO2. The van der Waals surface area contributed by atoms with Gasteiger partial charge in [0.25, 0.3) is 0 Å². The van der Waals surface area contributed by atoms with Crippen molar-refractivity contribution < 1.29 is 9.53 Å². The zero-order chi connectivity index (χ0) is 10.1. The Kier molecular flexibility index (Phi) is 2.66. The maximum atomic E-state index is 11.4. The van der Waals surface area contributed by atoms with Crippen molar-refractivity contribution in [3.8, 4) is 0 Å². The highest BCUT2D eigenvalue weighted by molar-refractivity contribution is 5.80. The maximum absolute atomic E-state index is 11.4. The third-order valence-electron chi connectivity index (χ3n) is 2.64. The van der Waals surface area contributed by atoms with Gasteiger partial charge in [0.2, 0.25) is 0 Å². The van der Waals surface area contributed by atoms with Crippen molar-refractivity contribution in [3.63, 3.8) is 0 Å². The Labute approximate surface area is 79.6 Å².